The highest BCUT2D eigenvalue weighted by molar-refractivity contribution is 5.92. The lowest BCUT2D eigenvalue weighted by atomic mass is 10.2. The highest BCUT2D eigenvalue weighted by Crippen LogP contribution is 2.09. The van der Waals surface area contributed by atoms with Crippen LogP contribution < -0.4 is 0 Å². The Morgan fingerprint density at radius 1 is 1.50 bits per heavy atom. The monoisotopic (exact) mass is 242 g/mol. The molecular weight excluding hydrogens is 232 g/mol. The van der Waals surface area contributed by atoms with E-state index in [1.54, 1.807) is 6.07 Å². The van der Waals surface area contributed by atoms with E-state index in [4.69, 9.17) is 15.3 Å². The standard InChI is InChI=1S/C12H10N4O2/c13-5-9-1-2-11(15-7-9)12(17)16-3-4-18-10(6-14)8-16/h1-2,7,10H,3-4,8H2. The molecule has 0 radical (unpaired) electrons. The summed E-state index contributed by atoms with van der Waals surface area (Å²) >= 11 is 0. The van der Waals surface area contributed by atoms with Crippen LogP contribution in [0.5, 0.6) is 0 Å². The summed E-state index contributed by atoms with van der Waals surface area (Å²) < 4.78 is 5.16. The summed E-state index contributed by atoms with van der Waals surface area (Å²) in [6.45, 7) is 1.04. The molecule has 6 nitrogen and oxygen atoms in total. The number of hydrogen-bond donors (Lipinski definition) is 0. The minimum atomic E-state index is -0.582. The molecule has 90 valence electrons. The summed E-state index contributed by atoms with van der Waals surface area (Å²) in [5, 5.41) is 17.4. The van der Waals surface area contributed by atoms with Gasteiger partial charge in [0.1, 0.15) is 11.8 Å². The molecular formula is C12H10N4O2. The fourth-order valence-electron chi connectivity index (χ4n) is 1.66. The fraction of sp³-hybridized carbons (Fsp3) is 0.333. The van der Waals surface area contributed by atoms with Crippen LogP contribution in [0.1, 0.15) is 16.1 Å². The molecule has 0 spiro atoms. The van der Waals surface area contributed by atoms with E-state index in [9.17, 15) is 4.79 Å². The van der Waals surface area contributed by atoms with Crippen LogP contribution in [0.2, 0.25) is 0 Å². The Labute approximate surface area is 104 Å². The number of ether oxygens (including phenoxy) is 1. The smallest absolute Gasteiger partial charge is 0.272 e. The first kappa shape index (κ1) is 12.0. The van der Waals surface area contributed by atoms with Gasteiger partial charge in [-0.15, -0.1) is 0 Å². The van der Waals surface area contributed by atoms with Crippen LogP contribution in [0, 0.1) is 22.7 Å². The Kier molecular flexibility index (Phi) is 3.52. The quantitative estimate of drug-likeness (QED) is 0.707. The molecule has 0 aromatic carbocycles. The minimum Gasteiger partial charge on any atom is -0.360 e. The molecule has 1 aliphatic rings. The first-order valence-corrected chi connectivity index (χ1v) is 5.41. The summed E-state index contributed by atoms with van der Waals surface area (Å²) in [4.78, 5) is 17.5. The van der Waals surface area contributed by atoms with E-state index in [0.717, 1.165) is 0 Å². The van der Waals surface area contributed by atoms with E-state index in [1.165, 1.54) is 17.2 Å². The topological polar surface area (TPSA) is 90.0 Å². The zero-order chi connectivity index (χ0) is 13.0. The third-order valence-corrected chi connectivity index (χ3v) is 2.61. The highest BCUT2D eigenvalue weighted by Gasteiger charge is 2.25. The summed E-state index contributed by atoms with van der Waals surface area (Å²) in [5.74, 6) is -0.247. The number of pyridine rings is 1. The number of morpholine rings is 1. The maximum absolute atomic E-state index is 12.1. The first-order chi connectivity index (χ1) is 8.74. The molecule has 1 aliphatic heterocycles. The van der Waals surface area contributed by atoms with Crippen LogP contribution in [0.4, 0.5) is 0 Å². The minimum absolute atomic E-state index is 0.247. The SMILES string of the molecule is N#Cc1ccc(C(=O)N2CCOC(C#N)C2)nc1. The zero-order valence-electron chi connectivity index (χ0n) is 9.54. The van der Waals surface area contributed by atoms with Gasteiger partial charge in [-0.3, -0.25) is 4.79 Å². The second-order valence-electron chi connectivity index (χ2n) is 3.78. The molecule has 0 bridgehead atoms. The number of nitrogens with zero attached hydrogens (tertiary/aromatic N) is 4. The summed E-state index contributed by atoms with van der Waals surface area (Å²) in [6, 6.07) is 6.97. The molecule has 6 heteroatoms. The van der Waals surface area contributed by atoms with Gasteiger partial charge in [0.15, 0.2) is 6.10 Å². The maximum Gasteiger partial charge on any atom is 0.272 e. The van der Waals surface area contributed by atoms with Crippen molar-refractivity contribution < 1.29 is 9.53 Å². The van der Waals surface area contributed by atoms with Gasteiger partial charge in [-0.1, -0.05) is 0 Å². The van der Waals surface area contributed by atoms with Crippen LogP contribution in [-0.4, -0.2) is 41.6 Å². The van der Waals surface area contributed by atoms with Gasteiger partial charge in [-0.05, 0) is 12.1 Å². The van der Waals surface area contributed by atoms with E-state index in [0.29, 0.717) is 18.7 Å². The van der Waals surface area contributed by atoms with Crippen molar-refractivity contribution in [2.75, 3.05) is 19.7 Å². The van der Waals surface area contributed by atoms with Gasteiger partial charge in [-0.2, -0.15) is 10.5 Å². The lowest BCUT2D eigenvalue weighted by Crippen LogP contribution is -2.45. The second-order valence-corrected chi connectivity index (χ2v) is 3.78. The van der Waals surface area contributed by atoms with E-state index >= 15 is 0 Å². The number of hydrogen-bond acceptors (Lipinski definition) is 5. The van der Waals surface area contributed by atoms with Crippen LogP contribution >= 0.6 is 0 Å². The van der Waals surface area contributed by atoms with Crippen LogP contribution in [0.25, 0.3) is 0 Å². The van der Waals surface area contributed by atoms with Crippen LogP contribution in [0.15, 0.2) is 18.3 Å². The molecule has 1 aromatic heterocycles. The molecule has 18 heavy (non-hydrogen) atoms. The number of carbonyl (C=O) groups excluding carboxylic acids is 1. The molecule has 1 amide bonds. The first-order valence-electron chi connectivity index (χ1n) is 5.41. The fourth-order valence-corrected chi connectivity index (χ4v) is 1.66. The van der Waals surface area contributed by atoms with Crippen molar-refractivity contribution in [3.05, 3.63) is 29.6 Å². The van der Waals surface area contributed by atoms with Crippen molar-refractivity contribution in [3.63, 3.8) is 0 Å². The van der Waals surface area contributed by atoms with Crippen molar-refractivity contribution in [2.24, 2.45) is 0 Å². The molecule has 2 rings (SSSR count). The predicted octanol–water partition coefficient (Wildman–Crippen LogP) is 0.318. The molecule has 1 fully saturated rings. The molecule has 0 N–H and O–H groups in total. The summed E-state index contributed by atoms with van der Waals surface area (Å²) in [7, 11) is 0. The van der Waals surface area contributed by atoms with Gasteiger partial charge in [0.25, 0.3) is 5.91 Å². The van der Waals surface area contributed by atoms with Gasteiger partial charge in [0.2, 0.25) is 0 Å². The average Bonchev–Trinajstić information content (AvgIpc) is 2.46. The van der Waals surface area contributed by atoms with Crippen molar-refractivity contribution in [1.29, 1.82) is 10.5 Å². The second kappa shape index (κ2) is 5.26. The molecule has 1 unspecified atom stereocenters. The van der Waals surface area contributed by atoms with E-state index in [2.05, 4.69) is 4.98 Å². The van der Waals surface area contributed by atoms with Gasteiger partial charge < -0.3 is 9.64 Å². The lowest BCUT2D eigenvalue weighted by molar-refractivity contribution is 0.00320. The zero-order valence-corrected chi connectivity index (χ0v) is 9.54. The number of carbonyl (C=O) groups is 1. The maximum atomic E-state index is 12.1. The highest BCUT2D eigenvalue weighted by atomic mass is 16.5. The van der Waals surface area contributed by atoms with Crippen LogP contribution in [-0.2, 0) is 4.74 Å². The van der Waals surface area contributed by atoms with Crippen molar-refractivity contribution in [2.45, 2.75) is 6.10 Å². The van der Waals surface area contributed by atoms with E-state index < -0.39 is 6.10 Å². The molecule has 1 atom stereocenters. The van der Waals surface area contributed by atoms with Crippen LogP contribution in [0.3, 0.4) is 0 Å². The Balaban J connectivity index is 2.11. The summed E-state index contributed by atoms with van der Waals surface area (Å²) in [6.07, 6.45) is 0.774. The Bertz CT molecular complexity index is 526. The normalized spacial score (nSPS) is 18.8. The van der Waals surface area contributed by atoms with Gasteiger partial charge in [0, 0.05) is 12.7 Å². The molecule has 0 aliphatic carbocycles. The number of aromatic nitrogens is 1. The summed E-state index contributed by atoms with van der Waals surface area (Å²) in [5.41, 5.74) is 0.677. The number of nitriles is 2. The molecule has 1 aromatic rings. The Hall–Kier alpha value is -2.44. The van der Waals surface area contributed by atoms with E-state index in [1.807, 2.05) is 12.1 Å². The van der Waals surface area contributed by atoms with Gasteiger partial charge in [-0.25, -0.2) is 4.98 Å². The van der Waals surface area contributed by atoms with Gasteiger partial charge >= 0.3 is 0 Å². The third-order valence-electron chi connectivity index (χ3n) is 2.61. The lowest BCUT2D eigenvalue weighted by Gasteiger charge is -2.29. The molecule has 1 saturated heterocycles. The number of amides is 1. The largest absolute Gasteiger partial charge is 0.360 e. The molecule has 2 heterocycles. The van der Waals surface area contributed by atoms with E-state index in [-0.39, 0.29) is 18.1 Å². The average molecular weight is 242 g/mol. The van der Waals surface area contributed by atoms with Crippen molar-refractivity contribution >= 4 is 5.91 Å². The van der Waals surface area contributed by atoms with Gasteiger partial charge in [0.05, 0.1) is 24.8 Å². The Morgan fingerprint density at radius 3 is 2.94 bits per heavy atom. The van der Waals surface area contributed by atoms with Crippen molar-refractivity contribution in [3.8, 4) is 12.1 Å². The van der Waals surface area contributed by atoms with Crippen molar-refractivity contribution in [1.82, 2.24) is 9.88 Å². The number of rotatable bonds is 1. The third kappa shape index (κ3) is 2.45. The predicted molar refractivity (Wildman–Crippen MR) is 60.2 cm³/mol. The molecule has 0 saturated carbocycles. The Morgan fingerprint density at radius 2 is 2.33 bits per heavy atom.